The lowest BCUT2D eigenvalue weighted by molar-refractivity contribution is 0.196. The van der Waals surface area contributed by atoms with Crippen molar-refractivity contribution in [3.05, 3.63) is 28.2 Å². The summed E-state index contributed by atoms with van der Waals surface area (Å²) in [6, 6.07) is 5.96. The van der Waals surface area contributed by atoms with Gasteiger partial charge in [-0.15, -0.1) is 0 Å². The van der Waals surface area contributed by atoms with E-state index in [4.69, 9.17) is 15.2 Å². The molecule has 17 heavy (non-hydrogen) atoms. The summed E-state index contributed by atoms with van der Waals surface area (Å²) in [6.45, 7) is 1.95. The second-order valence-corrected chi connectivity index (χ2v) is 4.48. The molecule has 1 aromatic carbocycles. The predicted molar refractivity (Wildman–Crippen MR) is 72.4 cm³/mol. The topological polar surface area (TPSA) is 56.5 Å². The van der Waals surface area contributed by atoms with Gasteiger partial charge in [0.05, 0.1) is 13.7 Å². The van der Waals surface area contributed by atoms with Crippen molar-refractivity contribution in [2.45, 2.75) is 6.04 Å². The minimum Gasteiger partial charge on any atom is -0.497 e. The van der Waals surface area contributed by atoms with Crippen LogP contribution in [0.15, 0.2) is 22.7 Å². The van der Waals surface area contributed by atoms with Crippen LogP contribution in [0.25, 0.3) is 0 Å². The van der Waals surface area contributed by atoms with E-state index in [0.29, 0.717) is 13.2 Å². The van der Waals surface area contributed by atoms with Gasteiger partial charge in [0.2, 0.25) is 0 Å². The van der Waals surface area contributed by atoms with Gasteiger partial charge in [0.1, 0.15) is 5.75 Å². The van der Waals surface area contributed by atoms with E-state index in [-0.39, 0.29) is 6.04 Å². The molecule has 0 heterocycles. The van der Waals surface area contributed by atoms with Gasteiger partial charge in [-0.25, -0.2) is 0 Å². The average molecular weight is 303 g/mol. The molecule has 0 aliphatic carbocycles. The number of nitrogens with one attached hydrogen (secondary N) is 1. The molecule has 0 amide bonds. The Morgan fingerprint density at radius 3 is 2.76 bits per heavy atom. The molecular formula is C12H19BrN2O2. The fourth-order valence-electron chi connectivity index (χ4n) is 1.57. The molecule has 1 unspecified atom stereocenters. The van der Waals surface area contributed by atoms with Crippen LogP contribution in [0.3, 0.4) is 0 Å². The van der Waals surface area contributed by atoms with Crippen molar-refractivity contribution in [1.29, 1.82) is 0 Å². The third-order valence-corrected chi connectivity index (χ3v) is 3.23. The summed E-state index contributed by atoms with van der Waals surface area (Å²) in [6.07, 6.45) is 0. The van der Waals surface area contributed by atoms with E-state index in [1.54, 1.807) is 14.2 Å². The van der Waals surface area contributed by atoms with E-state index in [1.807, 2.05) is 18.2 Å². The monoisotopic (exact) mass is 302 g/mol. The number of rotatable bonds is 7. The van der Waals surface area contributed by atoms with Gasteiger partial charge in [0.15, 0.2) is 0 Å². The van der Waals surface area contributed by atoms with Crippen LogP contribution in [0.2, 0.25) is 0 Å². The predicted octanol–water partition coefficient (Wildman–Crippen LogP) is 1.69. The lowest BCUT2D eigenvalue weighted by Crippen LogP contribution is -2.31. The second-order valence-electron chi connectivity index (χ2n) is 3.62. The summed E-state index contributed by atoms with van der Waals surface area (Å²) < 4.78 is 11.3. The summed E-state index contributed by atoms with van der Waals surface area (Å²) in [4.78, 5) is 0. The Hall–Kier alpha value is -0.620. The third kappa shape index (κ3) is 4.27. The zero-order valence-electron chi connectivity index (χ0n) is 10.2. The first-order valence-electron chi connectivity index (χ1n) is 5.48. The molecule has 0 bridgehead atoms. The summed E-state index contributed by atoms with van der Waals surface area (Å²) in [5.41, 5.74) is 6.88. The zero-order valence-corrected chi connectivity index (χ0v) is 11.8. The molecule has 1 rings (SSSR count). The van der Waals surface area contributed by atoms with Crippen LogP contribution in [0.1, 0.15) is 11.6 Å². The van der Waals surface area contributed by atoms with Crippen molar-refractivity contribution in [2.75, 3.05) is 33.9 Å². The minimum atomic E-state index is 0.0922. The van der Waals surface area contributed by atoms with Crippen molar-refractivity contribution in [3.8, 4) is 5.75 Å². The van der Waals surface area contributed by atoms with E-state index in [0.717, 1.165) is 22.3 Å². The standard InChI is InChI=1S/C12H19BrN2O2/c1-16-6-5-15-12(8-14)10-7-9(17-2)3-4-11(10)13/h3-4,7,12,15H,5-6,8,14H2,1-2H3. The van der Waals surface area contributed by atoms with Gasteiger partial charge in [-0.2, -0.15) is 0 Å². The maximum Gasteiger partial charge on any atom is 0.119 e. The molecule has 1 atom stereocenters. The summed E-state index contributed by atoms with van der Waals surface area (Å²) in [7, 11) is 3.34. The number of hydrogen-bond donors (Lipinski definition) is 2. The lowest BCUT2D eigenvalue weighted by Gasteiger charge is -2.19. The highest BCUT2D eigenvalue weighted by Gasteiger charge is 2.13. The van der Waals surface area contributed by atoms with E-state index < -0.39 is 0 Å². The molecule has 0 saturated carbocycles. The van der Waals surface area contributed by atoms with Crippen molar-refractivity contribution in [3.63, 3.8) is 0 Å². The molecule has 0 fully saturated rings. The number of methoxy groups -OCH3 is 2. The number of benzene rings is 1. The highest BCUT2D eigenvalue weighted by molar-refractivity contribution is 9.10. The zero-order chi connectivity index (χ0) is 12.7. The van der Waals surface area contributed by atoms with Crippen molar-refractivity contribution < 1.29 is 9.47 Å². The maximum atomic E-state index is 5.78. The van der Waals surface area contributed by atoms with E-state index in [2.05, 4.69) is 21.2 Å². The first kappa shape index (κ1) is 14.4. The Bertz CT molecular complexity index is 347. The SMILES string of the molecule is COCCNC(CN)c1cc(OC)ccc1Br. The number of nitrogens with two attached hydrogens (primary N) is 1. The van der Waals surface area contributed by atoms with Gasteiger partial charge in [-0.3, -0.25) is 0 Å². The van der Waals surface area contributed by atoms with E-state index in [1.165, 1.54) is 0 Å². The number of ether oxygens (including phenoxy) is 2. The molecule has 0 saturated heterocycles. The van der Waals surface area contributed by atoms with Crippen LogP contribution >= 0.6 is 15.9 Å². The smallest absolute Gasteiger partial charge is 0.119 e. The average Bonchev–Trinajstić information content (AvgIpc) is 2.36. The van der Waals surface area contributed by atoms with E-state index in [9.17, 15) is 0 Å². The molecule has 0 aliphatic heterocycles. The summed E-state index contributed by atoms with van der Waals surface area (Å²) >= 11 is 3.53. The molecular weight excluding hydrogens is 284 g/mol. The Labute approximate surface area is 111 Å². The van der Waals surface area contributed by atoms with Crippen LogP contribution < -0.4 is 15.8 Å². The highest BCUT2D eigenvalue weighted by atomic mass is 79.9. The molecule has 0 aliphatic rings. The molecule has 0 spiro atoms. The first-order chi connectivity index (χ1) is 8.22. The molecule has 96 valence electrons. The van der Waals surface area contributed by atoms with Crippen LogP contribution in [-0.2, 0) is 4.74 Å². The third-order valence-electron chi connectivity index (χ3n) is 2.51. The molecule has 0 aromatic heterocycles. The summed E-state index contributed by atoms with van der Waals surface area (Å²) in [5, 5.41) is 3.34. The van der Waals surface area contributed by atoms with Crippen LogP contribution in [0, 0.1) is 0 Å². The molecule has 3 N–H and O–H groups in total. The van der Waals surface area contributed by atoms with E-state index >= 15 is 0 Å². The van der Waals surface area contributed by atoms with Crippen molar-refractivity contribution in [2.24, 2.45) is 5.73 Å². The first-order valence-corrected chi connectivity index (χ1v) is 6.28. The Morgan fingerprint density at radius 2 is 2.18 bits per heavy atom. The minimum absolute atomic E-state index is 0.0922. The Balaban J connectivity index is 2.78. The van der Waals surface area contributed by atoms with Crippen molar-refractivity contribution in [1.82, 2.24) is 5.32 Å². The summed E-state index contributed by atoms with van der Waals surface area (Å²) in [5.74, 6) is 0.829. The van der Waals surface area contributed by atoms with Gasteiger partial charge in [-0.05, 0) is 23.8 Å². The Kier molecular flexibility index (Phi) is 6.50. The van der Waals surface area contributed by atoms with Crippen LogP contribution in [-0.4, -0.2) is 33.9 Å². The fourth-order valence-corrected chi connectivity index (χ4v) is 2.09. The van der Waals surface area contributed by atoms with Gasteiger partial charge in [-0.1, -0.05) is 15.9 Å². The van der Waals surface area contributed by atoms with Gasteiger partial charge < -0.3 is 20.5 Å². The van der Waals surface area contributed by atoms with Crippen LogP contribution in [0.5, 0.6) is 5.75 Å². The lowest BCUT2D eigenvalue weighted by atomic mass is 10.1. The number of hydrogen-bond acceptors (Lipinski definition) is 4. The normalized spacial score (nSPS) is 12.5. The number of halogens is 1. The maximum absolute atomic E-state index is 5.78. The molecule has 5 heteroatoms. The molecule has 0 radical (unpaired) electrons. The van der Waals surface area contributed by atoms with Gasteiger partial charge in [0.25, 0.3) is 0 Å². The largest absolute Gasteiger partial charge is 0.497 e. The molecule has 4 nitrogen and oxygen atoms in total. The van der Waals surface area contributed by atoms with Crippen molar-refractivity contribution >= 4 is 15.9 Å². The van der Waals surface area contributed by atoms with Gasteiger partial charge in [0, 0.05) is 30.7 Å². The van der Waals surface area contributed by atoms with Crippen LogP contribution in [0.4, 0.5) is 0 Å². The quantitative estimate of drug-likeness (QED) is 0.753. The Morgan fingerprint density at radius 1 is 1.41 bits per heavy atom. The fraction of sp³-hybridized carbons (Fsp3) is 0.500. The molecule has 1 aromatic rings. The second kappa shape index (κ2) is 7.66. The highest BCUT2D eigenvalue weighted by Crippen LogP contribution is 2.27. The van der Waals surface area contributed by atoms with Gasteiger partial charge >= 0.3 is 0 Å².